The fraction of sp³-hybridized carbons (Fsp3) is 0.618. The van der Waals surface area contributed by atoms with Gasteiger partial charge in [-0.05, 0) is 57.5 Å². The molecule has 1 aromatic carbocycles. The van der Waals surface area contributed by atoms with Gasteiger partial charge < -0.3 is 30.5 Å². The van der Waals surface area contributed by atoms with Crippen LogP contribution in [-0.4, -0.2) is 101 Å². The van der Waals surface area contributed by atoms with Gasteiger partial charge in [0.15, 0.2) is 0 Å². The average Bonchev–Trinajstić information content (AvgIpc) is 3.56. The van der Waals surface area contributed by atoms with E-state index in [1.165, 1.54) is 23.0 Å². The molecular formula is C34H50FN7O5. The molecule has 2 fully saturated rings. The van der Waals surface area contributed by atoms with Gasteiger partial charge in [0.1, 0.15) is 23.6 Å². The van der Waals surface area contributed by atoms with Gasteiger partial charge in [-0.25, -0.2) is 4.39 Å². The summed E-state index contributed by atoms with van der Waals surface area (Å²) in [5, 5.41) is 12.4. The van der Waals surface area contributed by atoms with E-state index in [1.807, 2.05) is 14.0 Å². The van der Waals surface area contributed by atoms with Crippen LogP contribution in [0.15, 0.2) is 30.5 Å². The number of aryl methyl sites for hydroxylation is 1. The molecule has 1 saturated heterocycles. The summed E-state index contributed by atoms with van der Waals surface area (Å²) in [7, 11) is 1.99. The van der Waals surface area contributed by atoms with Crippen LogP contribution in [-0.2, 0) is 25.7 Å². The van der Waals surface area contributed by atoms with Gasteiger partial charge in [-0.3, -0.25) is 23.9 Å². The predicted molar refractivity (Wildman–Crippen MR) is 176 cm³/mol. The first-order chi connectivity index (χ1) is 22.5. The summed E-state index contributed by atoms with van der Waals surface area (Å²) in [5.41, 5.74) is 0.722. The molecule has 0 radical (unpaired) electrons. The van der Waals surface area contributed by atoms with Gasteiger partial charge in [-0.2, -0.15) is 5.10 Å². The zero-order chi connectivity index (χ0) is 34.1. The van der Waals surface area contributed by atoms with Crippen LogP contribution < -0.4 is 16.0 Å². The number of nitrogens with zero attached hydrogens (tertiary/aromatic N) is 4. The molecule has 4 amide bonds. The molecule has 2 aliphatic rings. The van der Waals surface area contributed by atoms with Crippen molar-refractivity contribution in [2.75, 3.05) is 38.5 Å². The molecule has 0 spiro atoms. The maximum absolute atomic E-state index is 15.7. The highest BCUT2D eigenvalue weighted by Gasteiger charge is 2.34. The standard InChI is InChI=1S/C34H50FN7O5/c1-6-29(43)38-30(34(46)41-19-17-40(5)18-20-41)22(3)24-13-14-27(26(35)21-24)37-33(45)31(23(4)47-25-11-9-8-10-12-25)39-32(44)28-15-16-36-42(28)7-2/h13-16,21-23,25,30-31H,6-12,17-20H2,1-5H3,(H,37,45)(H,38,43)(H,39,44)/t22-,23+,30+,31-/m0/s1. The SMILES string of the molecule is CCC(=O)N[C@@H](C(=O)N1CCN(C)CC1)[C@@H](C)c1ccc(NC(=O)[C@@H](NC(=O)c2ccnn2CC)[C@@H](C)OC2CCCCC2)c(F)c1. The topological polar surface area (TPSA) is 138 Å². The summed E-state index contributed by atoms with van der Waals surface area (Å²) in [5.74, 6) is -2.84. The monoisotopic (exact) mass is 655 g/mol. The Labute approximate surface area is 276 Å². The second-order valence-corrected chi connectivity index (χ2v) is 12.6. The molecule has 1 aromatic heterocycles. The summed E-state index contributed by atoms with van der Waals surface area (Å²) in [6.07, 6.45) is 5.97. The fourth-order valence-corrected chi connectivity index (χ4v) is 6.19. The van der Waals surface area contributed by atoms with E-state index in [1.54, 1.807) is 37.8 Å². The highest BCUT2D eigenvalue weighted by Crippen LogP contribution is 2.27. The first-order valence-corrected chi connectivity index (χ1v) is 16.9. The predicted octanol–water partition coefficient (Wildman–Crippen LogP) is 3.29. The van der Waals surface area contributed by atoms with Gasteiger partial charge in [-0.1, -0.05) is 39.2 Å². The lowest BCUT2D eigenvalue weighted by Crippen LogP contribution is -2.55. The Morgan fingerprint density at radius 1 is 0.979 bits per heavy atom. The normalized spacial score (nSPS) is 18.6. The minimum Gasteiger partial charge on any atom is -0.373 e. The second kappa shape index (κ2) is 16.8. The van der Waals surface area contributed by atoms with Gasteiger partial charge >= 0.3 is 0 Å². The molecule has 1 aliphatic heterocycles. The third-order valence-electron chi connectivity index (χ3n) is 9.24. The molecule has 4 rings (SSSR count). The lowest BCUT2D eigenvalue weighted by Gasteiger charge is -2.36. The van der Waals surface area contributed by atoms with Crippen molar-refractivity contribution in [1.29, 1.82) is 0 Å². The smallest absolute Gasteiger partial charge is 0.270 e. The van der Waals surface area contributed by atoms with E-state index in [0.717, 1.165) is 45.2 Å². The highest BCUT2D eigenvalue weighted by atomic mass is 19.1. The van der Waals surface area contributed by atoms with Gasteiger partial charge in [0.25, 0.3) is 5.91 Å². The Morgan fingerprint density at radius 2 is 1.68 bits per heavy atom. The number of likely N-dealkylation sites (N-methyl/N-ethyl adjacent to an activating group) is 1. The number of nitrogens with one attached hydrogen (secondary N) is 3. The van der Waals surface area contributed by atoms with Crippen LogP contribution in [0.4, 0.5) is 10.1 Å². The zero-order valence-corrected chi connectivity index (χ0v) is 28.3. The molecule has 0 bridgehead atoms. The van der Waals surface area contributed by atoms with Crippen LogP contribution in [0.1, 0.15) is 88.2 Å². The maximum atomic E-state index is 15.7. The van der Waals surface area contributed by atoms with E-state index in [2.05, 4.69) is 25.9 Å². The minimum atomic E-state index is -1.11. The summed E-state index contributed by atoms with van der Waals surface area (Å²) < 4.78 is 23.4. The molecule has 47 heavy (non-hydrogen) atoms. The van der Waals surface area contributed by atoms with Crippen molar-refractivity contribution in [2.45, 2.75) is 103 Å². The summed E-state index contributed by atoms with van der Waals surface area (Å²) in [6.45, 7) is 10.1. The third-order valence-corrected chi connectivity index (χ3v) is 9.24. The Hall–Kier alpha value is -3.84. The molecule has 1 saturated carbocycles. The molecule has 4 atom stereocenters. The number of hydrogen-bond acceptors (Lipinski definition) is 7. The molecule has 258 valence electrons. The summed E-state index contributed by atoms with van der Waals surface area (Å²) in [4.78, 5) is 56.8. The molecule has 3 N–H and O–H groups in total. The van der Waals surface area contributed by atoms with Crippen molar-refractivity contribution in [1.82, 2.24) is 30.2 Å². The van der Waals surface area contributed by atoms with Crippen molar-refractivity contribution in [2.24, 2.45) is 0 Å². The van der Waals surface area contributed by atoms with Crippen molar-refractivity contribution >= 4 is 29.3 Å². The van der Waals surface area contributed by atoms with Gasteiger partial charge in [0, 0.05) is 51.3 Å². The number of benzene rings is 1. The van der Waals surface area contributed by atoms with Crippen molar-refractivity contribution < 1.29 is 28.3 Å². The summed E-state index contributed by atoms with van der Waals surface area (Å²) in [6, 6.07) is 3.94. The average molecular weight is 656 g/mol. The number of rotatable bonds is 13. The molecule has 12 nitrogen and oxygen atoms in total. The highest BCUT2D eigenvalue weighted by molar-refractivity contribution is 6.01. The largest absolute Gasteiger partial charge is 0.373 e. The van der Waals surface area contributed by atoms with Crippen LogP contribution in [0.5, 0.6) is 0 Å². The Bertz CT molecular complexity index is 1390. The molecule has 2 aromatic rings. The van der Waals surface area contributed by atoms with E-state index in [4.69, 9.17) is 4.74 Å². The Kier molecular flexibility index (Phi) is 12.9. The Morgan fingerprint density at radius 3 is 2.32 bits per heavy atom. The van der Waals surface area contributed by atoms with Crippen LogP contribution in [0.25, 0.3) is 0 Å². The number of halogens is 1. The number of hydrogen-bond donors (Lipinski definition) is 3. The first-order valence-electron chi connectivity index (χ1n) is 16.9. The van der Waals surface area contributed by atoms with E-state index < -0.39 is 41.7 Å². The lowest BCUT2D eigenvalue weighted by atomic mass is 9.91. The quantitative estimate of drug-likeness (QED) is 0.301. The minimum absolute atomic E-state index is 0.0284. The molecular weight excluding hydrogens is 605 g/mol. The van der Waals surface area contributed by atoms with Crippen LogP contribution in [0, 0.1) is 5.82 Å². The van der Waals surface area contributed by atoms with E-state index >= 15 is 4.39 Å². The number of aromatic nitrogens is 2. The van der Waals surface area contributed by atoms with Crippen molar-refractivity contribution in [3.05, 3.63) is 47.5 Å². The maximum Gasteiger partial charge on any atom is 0.270 e. The van der Waals surface area contributed by atoms with E-state index in [0.29, 0.717) is 30.9 Å². The van der Waals surface area contributed by atoms with Crippen LogP contribution in [0.2, 0.25) is 0 Å². The number of ether oxygens (including phenoxy) is 1. The van der Waals surface area contributed by atoms with E-state index in [9.17, 15) is 19.2 Å². The Balaban J connectivity index is 1.52. The van der Waals surface area contributed by atoms with Crippen LogP contribution >= 0.6 is 0 Å². The lowest BCUT2D eigenvalue weighted by molar-refractivity contribution is -0.138. The number of anilines is 1. The van der Waals surface area contributed by atoms with E-state index in [-0.39, 0.29) is 30.0 Å². The number of carbonyl (C=O) groups is 4. The van der Waals surface area contributed by atoms with Crippen LogP contribution in [0.3, 0.4) is 0 Å². The summed E-state index contributed by atoms with van der Waals surface area (Å²) >= 11 is 0. The molecule has 2 heterocycles. The number of carbonyl (C=O) groups excluding carboxylic acids is 4. The third kappa shape index (κ3) is 9.38. The number of piperazine rings is 1. The second-order valence-electron chi connectivity index (χ2n) is 12.6. The molecule has 13 heteroatoms. The fourth-order valence-electron chi connectivity index (χ4n) is 6.19. The van der Waals surface area contributed by atoms with Gasteiger partial charge in [0.05, 0.1) is 17.9 Å². The molecule has 1 aliphatic carbocycles. The molecule has 0 unspecified atom stereocenters. The van der Waals surface area contributed by atoms with Gasteiger partial charge in [0.2, 0.25) is 17.7 Å². The van der Waals surface area contributed by atoms with Gasteiger partial charge in [-0.15, -0.1) is 0 Å². The van der Waals surface area contributed by atoms with Crippen molar-refractivity contribution in [3.63, 3.8) is 0 Å². The number of amides is 4. The first kappa shape index (κ1) is 36.0. The zero-order valence-electron chi connectivity index (χ0n) is 28.3. The van der Waals surface area contributed by atoms with Crippen molar-refractivity contribution in [3.8, 4) is 0 Å².